The van der Waals surface area contributed by atoms with Crippen LogP contribution in [0.4, 0.5) is 17.6 Å². The van der Waals surface area contributed by atoms with Crippen molar-refractivity contribution in [3.63, 3.8) is 0 Å². The zero-order valence-corrected chi connectivity index (χ0v) is 15.3. The molecule has 1 atom stereocenters. The van der Waals surface area contributed by atoms with Crippen LogP contribution in [0.25, 0.3) is 10.9 Å². The van der Waals surface area contributed by atoms with E-state index in [0.717, 1.165) is 6.26 Å². The minimum absolute atomic E-state index is 0.0345. The van der Waals surface area contributed by atoms with Crippen LogP contribution in [-0.2, 0) is 21.8 Å². The van der Waals surface area contributed by atoms with Crippen molar-refractivity contribution in [2.75, 3.05) is 17.8 Å². The molecule has 0 aliphatic rings. The van der Waals surface area contributed by atoms with Crippen molar-refractivity contribution in [2.24, 2.45) is 0 Å². The van der Waals surface area contributed by atoms with Crippen molar-refractivity contribution in [1.29, 1.82) is 0 Å². The Kier molecular flexibility index (Phi) is 5.20. The van der Waals surface area contributed by atoms with Crippen LogP contribution in [-0.4, -0.2) is 35.3 Å². The molecule has 10 heteroatoms. The van der Waals surface area contributed by atoms with Crippen molar-refractivity contribution < 1.29 is 31.1 Å². The van der Waals surface area contributed by atoms with Gasteiger partial charge < -0.3 is 5.11 Å². The SMILES string of the molecule is CCSCC(C)(O)c1cc2cc(F)c(C(F)(F)F)cc2n1S(C)(=O)=O. The highest BCUT2D eigenvalue weighted by molar-refractivity contribution is 7.99. The second kappa shape index (κ2) is 6.48. The summed E-state index contributed by atoms with van der Waals surface area (Å²) in [5.41, 5.74) is -3.62. The summed E-state index contributed by atoms with van der Waals surface area (Å²) >= 11 is 1.34. The molecule has 2 rings (SSSR count). The Morgan fingerprint density at radius 3 is 2.32 bits per heavy atom. The molecule has 1 unspecified atom stereocenters. The molecule has 0 saturated heterocycles. The molecule has 1 aromatic heterocycles. The second-order valence-corrected chi connectivity index (χ2v) is 8.96. The van der Waals surface area contributed by atoms with Gasteiger partial charge in [-0.1, -0.05) is 6.92 Å². The van der Waals surface area contributed by atoms with E-state index in [-0.39, 0.29) is 22.3 Å². The summed E-state index contributed by atoms with van der Waals surface area (Å²) in [6.07, 6.45) is -4.15. The Bertz CT molecular complexity index is 902. The molecule has 2 aromatic rings. The molecule has 25 heavy (non-hydrogen) atoms. The summed E-state index contributed by atoms with van der Waals surface area (Å²) in [6.45, 7) is 3.21. The lowest BCUT2D eigenvalue weighted by atomic mass is 10.1. The number of thioether (sulfide) groups is 1. The molecule has 0 fully saturated rings. The summed E-state index contributed by atoms with van der Waals surface area (Å²) < 4.78 is 77.7. The normalized spacial score (nSPS) is 15.5. The molecular formula is C15H17F4NO3S2. The highest BCUT2D eigenvalue weighted by Gasteiger charge is 2.37. The van der Waals surface area contributed by atoms with Crippen LogP contribution < -0.4 is 0 Å². The molecule has 4 nitrogen and oxygen atoms in total. The van der Waals surface area contributed by atoms with E-state index in [9.17, 15) is 31.1 Å². The first-order chi connectivity index (χ1) is 11.3. The number of rotatable bonds is 5. The standard InChI is InChI=1S/C15H17F4NO3S2/c1-4-24-8-14(2,21)13-6-9-5-11(16)10(15(17,18)19)7-12(9)20(13)25(3,22)23/h5-7,21H,4,8H2,1-3H3. The van der Waals surface area contributed by atoms with Crippen molar-refractivity contribution in [3.05, 3.63) is 35.3 Å². The van der Waals surface area contributed by atoms with Crippen molar-refractivity contribution in [2.45, 2.75) is 25.6 Å². The van der Waals surface area contributed by atoms with Gasteiger partial charge in [0.05, 0.1) is 23.0 Å². The van der Waals surface area contributed by atoms with Gasteiger partial charge in [0.2, 0.25) is 10.0 Å². The first-order valence-corrected chi connectivity index (χ1v) is 10.2. The Morgan fingerprint density at radius 1 is 1.24 bits per heavy atom. The van der Waals surface area contributed by atoms with Gasteiger partial charge in [-0.2, -0.15) is 24.9 Å². The molecule has 0 radical (unpaired) electrons. The Balaban J connectivity index is 2.85. The third-order valence-electron chi connectivity index (χ3n) is 3.62. The van der Waals surface area contributed by atoms with Crippen molar-refractivity contribution in [1.82, 2.24) is 3.97 Å². The lowest BCUT2D eigenvalue weighted by Gasteiger charge is -2.24. The Hall–Kier alpha value is -1.26. The lowest BCUT2D eigenvalue weighted by Crippen LogP contribution is -2.30. The smallest absolute Gasteiger partial charge is 0.383 e. The molecule has 0 amide bonds. The number of fused-ring (bicyclic) bond motifs is 1. The highest BCUT2D eigenvalue weighted by Crippen LogP contribution is 2.37. The summed E-state index contributed by atoms with van der Waals surface area (Å²) in [5, 5.41) is 10.6. The lowest BCUT2D eigenvalue weighted by molar-refractivity contribution is -0.139. The fourth-order valence-corrected chi connectivity index (χ4v) is 4.40. The van der Waals surface area contributed by atoms with E-state index >= 15 is 0 Å². The molecular weight excluding hydrogens is 382 g/mol. The maximum atomic E-state index is 13.8. The zero-order valence-electron chi connectivity index (χ0n) is 13.7. The maximum Gasteiger partial charge on any atom is 0.419 e. The number of aliphatic hydroxyl groups is 1. The van der Waals surface area contributed by atoms with E-state index in [0.29, 0.717) is 21.9 Å². The maximum absolute atomic E-state index is 13.8. The third-order valence-corrected chi connectivity index (χ3v) is 5.85. The monoisotopic (exact) mass is 399 g/mol. The topological polar surface area (TPSA) is 59.3 Å². The summed E-state index contributed by atoms with van der Waals surface area (Å²) in [4.78, 5) is 0. The average Bonchev–Trinajstić information content (AvgIpc) is 2.82. The largest absolute Gasteiger partial charge is 0.419 e. The molecule has 0 saturated carbocycles. The number of nitrogens with zero attached hydrogens (tertiary/aromatic N) is 1. The van der Waals surface area contributed by atoms with Crippen LogP contribution in [0.1, 0.15) is 25.1 Å². The van der Waals surface area contributed by atoms with Crippen molar-refractivity contribution in [3.8, 4) is 0 Å². The number of benzene rings is 1. The van der Waals surface area contributed by atoms with Crippen LogP contribution in [0.15, 0.2) is 18.2 Å². The van der Waals surface area contributed by atoms with Crippen LogP contribution in [0.5, 0.6) is 0 Å². The number of hydrogen-bond acceptors (Lipinski definition) is 4. The quantitative estimate of drug-likeness (QED) is 0.781. The van der Waals surface area contributed by atoms with Gasteiger partial charge in [-0.25, -0.2) is 16.8 Å². The van der Waals surface area contributed by atoms with E-state index in [1.54, 1.807) is 0 Å². The second-order valence-electron chi connectivity index (χ2n) is 5.86. The van der Waals surface area contributed by atoms with E-state index in [1.807, 2.05) is 6.92 Å². The molecule has 0 bridgehead atoms. The van der Waals surface area contributed by atoms with E-state index < -0.39 is 33.2 Å². The number of alkyl halides is 3. The van der Waals surface area contributed by atoms with E-state index in [4.69, 9.17) is 0 Å². The molecule has 0 spiro atoms. The predicted molar refractivity (Wildman–Crippen MR) is 89.7 cm³/mol. The summed E-state index contributed by atoms with van der Waals surface area (Å²) in [6, 6.07) is 2.29. The van der Waals surface area contributed by atoms with Gasteiger partial charge in [-0.05, 0) is 30.9 Å². The summed E-state index contributed by atoms with van der Waals surface area (Å²) in [7, 11) is -4.04. The minimum atomic E-state index is -4.97. The van der Waals surface area contributed by atoms with Gasteiger partial charge >= 0.3 is 6.18 Å². The molecule has 0 aliphatic carbocycles. The molecule has 1 heterocycles. The Morgan fingerprint density at radius 2 is 1.84 bits per heavy atom. The molecule has 1 N–H and O–H groups in total. The fourth-order valence-electron chi connectivity index (χ4n) is 2.53. The predicted octanol–water partition coefficient (Wildman–Crippen LogP) is 3.57. The number of aromatic nitrogens is 1. The van der Waals surface area contributed by atoms with E-state index in [1.165, 1.54) is 24.8 Å². The van der Waals surface area contributed by atoms with E-state index in [2.05, 4.69) is 0 Å². The highest BCUT2D eigenvalue weighted by atomic mass is 32.2. The zero-order chi connectivity index (χ0) is 19.2. The first kappa shape index (κ1) is 20.1. The van der Waals surface area contributed by atoms with Gasteiger partial charge in [0.1, 0.15) is 11.4 Å². The minimum Gasteiger partial charge on any atom is -0.383 e. The van der Waals surface area contributed by atoms with Gasteiger partial charge in [0, 0.05) is 11.1 Å². The first-order valence-electron chi connectivity index (χ1n) is 7.22. The molecule has 0 aliphatic heterocycles. The average molecular weight is 399 g/mol. The molecule has 140 valence electrons. The van der Waals surface area contributed by atoms with Gasteiger partial charge in [-0.15, -0.1) is 0 Å². The summed E-state index contributed by atoms with van der Waals surface area (Å²) in [5.74, 6) is -0.716. The molecule has 1 aromatic carbocycles. The Labute approximate surface area is 146 Å². The van der Waals surface area contributed by atoms with Crippen LogP contribution >= 0.6 is 11.8 Å². The van der Waals surface area contributed by atoms with Crippen molar-refractivity contribution >= 4 is 32.7 Å². The van der Waals surface area contributed by atoms with Gasteiger partial charge in [0.25, 0.3) is 0 Å². The van der Waals surface area contributed by atoms with Crippen LogP contribution in [0.3, 0.4) is 0 Å². The third kappa shape index (κ3) is 3.95. The van der Waals surface area contributed by atoms with Gasteiger partial charge in [-0.3, -0.25) is 0 Å². The number of halogens is 4. The van der Waals surface area contributed by atoms with Gasteiger partial charge in [0.15, 0.2) is 0 Å². The van der Waals surface area contributed by atoms with Crippen LogP contribution in [0, 0.1) is 5.82 Å². The van der Waals surface area contributed by atoms with Crippen LogP contribution in [0.2, 0.25) is 0 Å². The fraction of sp³-hybridized carbons (Fsp3) is 0.467. The number of hydrogen-bond donors (Lipinski definition) is 1.